The zero-order chi connectivity index (χ0) is 15.0. The van der Waals surface area contributed by atoms with Crippen molar-refractivity contribution in [2.24, 2.45) is 0 Å². The molecule has 0 aromatic heterocycles. The monoisotopic (exact) mass is 292 g/mol. The van der Waals surface area contributed by atoms with E-state index in [0.717, 1.165) is 17.7 Å². The Morgan fingerprint density at radius 1 is 0.952 bits per heavy atom. The molecule has 0 aliphatic heterocycles. The molecule has 0 radical (unpaired) electrons. The Bertz CT molecular complexity index is 627. The molecule has 0 saturated heterocycles. The van der Waals surface area contributed by atoms with E-state index in [0.29, 0.717) is 11.5 Å². The molecule has 2 aromatic rings. The fourth-order valence-electron chi connectivity index (χ4n) is 2.45. The van der Waals surface area contributed by atoms with Crippen LogP contribution in [-0.2, 0) is 6.18 Å². The first kappa shape index (κ1) is 14.1. The van der Waals surface area contributed by atoms with Crippen molar-refractivity contribution in [3.63, 3.8) is 0 Å². The molecule has 0 spiro atoms. The van der Waals surface area contributed by atoms with Gasteiger partial charge in [0.1, 0.15) is 6.10 Å². The van der Waals surface area contributed by atoms with Gasteiger partial charge < -0.3 is 5.11 Å². The van der Waals surface area contributed by atoms with Crippen molar-refractivity contribution in [3.05, 3.63) is 70.8 Å². The van der Waals surface area contributed by atoms with Crippen LogP contribution in [0.15, 0.2) is 48.5 Å². The second kappa shape index (κ2) is 5.19. The number of halogens is 3. The van der Waals surface area contributed by atoms with Gasteiger partial charge in [-0.15, -0.1) is 0 Å². The van der Waals surface area contributed by atoms with Crippen LogP contribution in [0.3, 0.4) is 0 Å². The van der Waals surface area contributed by atoms with Gasteiger partial charge in [-0.3, -0.25) is 0 Å². The molecule has 21 heavy (non-hydrogen) atoms. The van der Waals surface area contributed by atoms with Gasteiger partial charge in [0.15, 0.2) is 0 Å². The number of aliphatic hydroxyl groups is 1. The van der Waals surface area contributed by atoms with Crippen LogP contribution in [0.25, 0.3) is 0 Å². The van der Waals surface area contributed by atoms with Crippen LogP contribution in [-0.4, -0.2) is 5.11 Å². The fraction of sp³-hybridized carbons (Fsp3) is 0.294. The lowest BCUT2D eigenvalue weighted by Gasteiger charge is -2.14. The number of benzene rings is 2. The van der Waals surface area contributed by atoms with Gasteiger partial charge in [0.2, 0.25) is 0 Å². The normalized spacial score (nSPS) is 16.8. The summed E-state index contributed by atoms with van der Waals surface area (Å²) in [4.78, 5) is 0. The van der Waals surface area contributed by atoms with Gasteiger partial charge >= 0.3 is 6.18 Å². The molecule has 1 fully saturated rings. The summed E-state index contributed by atoms with van der Waals surface area (Å²) in [5.41, 5.74) is 1.68. The first-order valence-corrected chi connectivity index (χ1v) is 6.90. The van der Waals surface area contributed by atoms with Gasteiger partial charge in [0.25, 0.3) is 0 Å². The van der Waals surface area contributed by atoms with E-state index in [1.165, 1.54) is 30.5 Å². The Kier molecular flexibility index (Phi) is 3.49. The lowest BCUT2D eigenvalue weighted by molar-refractivity contribution is -0.137. The number of alkyl halides is 3. The van der Waals surface area contributed by atoms with Crippen molar-refractivity contribution in [2.45, 2.75) is 31.0 Å². The van der Waals surface area contributed by atoms with Crippen molar-refractivity contribution in [3.8, 4) is 0 Å². The van der Waals surface area contributed by atoms with Gasteiger partial charge in [-0.25, -0.2) is 0 Å². The van der Waals surface area contributed by atoms with E-state index in [9.17, 15) is 18.3 Å². The molecule has 3 rings (SSSR count). The lowest BCUT2D eigenvalue weighted by Crippen LogP contribution is -2.06. The summed E-state index contributed by atoms with van der Waals surface area (Å²) in [5.74, 6) is 0.574. The van der Waals surface area contributed by atoms with Crippen molar-refractivity contribution in [2.75, 3.05) is 0 Å². The molecule has 1 nitrogen and oxygen atoms in total. The number of hydrogen-bond donors (Lipinski definition) is 1. The first-order valence-electron chi connectivity index (χ1n) is 6.90. The Morgan fingerprint density at radius 2 is 1.62 bits per heavy atom. The number of rotatable bonds is 3. The van der Waals surface area contributed by atoms with E-state index in [4.69, 9.17) is 0 Å². The fourth-order valence-corrected chi connectivity index (χ4v) is 2.45. The quantitative estimate of drug-likeness (QED) is 0.872. The van der Waals surface area contributed by atoms with E-state index in [1.54, 1.807) is 6.07 Å². The minimum absolute atomic E-state index is 0.468. The van der Waals surface area contributed by atoms with E-state index in [2.05, 4.69) is 0 Å². The molecule has 0 heterocycles. The third-order valence-corrected chi connectivity index (χ3v) is 3.83. The minimum Gasteiger partial charge on any atom is -0.384 e. The maximum atomic E-state index is 12.5. The topological polar surface area (TPSA) is 20.2 Å². The maximum Gasteiger partial charge on any atom is 0.416 e. The average Bonchev–Trinajstić information content (AvgIpc) is 3.30. The molecule has 1 atom stereocenters. The molecule has 0 bridgehead atoms. The van der Waals surface area contributed by atoms with Gasteiger partial charge in [0.05, 0.1) is 5.56 Å². The van der Waals surface area contributed by atoms with Crippen LogP contribution in [0.2, 0.25) is 0 Å². The smallest absolute Gasteiger partial charge is 0.384 e. The van der Waals surface area contributed by atoms with Crippen molar-refractivity contribution >= 4 is 0 Å². The predicted molar refractivity (Wildman–Crippen MR) is 73.9 cm³/mol. The highest BCUT2D eigenvalue weighted by Gasteiger charge is 2.30. The van der Waals surface area contributed by atoms with Crippen LogP contribution in [0.4, 0.5) is 13.2 Å². The van der Waals surface area contributed by atoms with E-state index in [-0.39, 0.29) is 0 Å². The Hall–Kier alpha value is -1.81. The highest BCUT2D eigenvalue weighted by atomic mass is 19.4. The van der Waals surface area contributed by atoms with E-state index < -0.39 is 17.8 Å². The summed E-state index contributed by atoms with van der Waals surface area (Å²) in [5, 5.41) is 10.3. The molecule has 1 unspecified atom stereocenters. The van der Waals surface area contributed by atoms with Crippen LogP contribution in [0.5, 0.6) is 0 Å². The van der Waals surface area contributed by atoms with Crippen molar-refractivity contribution in [1.29, 1.82) is 0 Å². The third kappa shape index (κ3) is 3.10. The summed E-state index contributed by atoms with van der Waals surface area (Å²) < 4.78 is 37.6. The Labute approximate surface area is 121 Å². The molecular weight excluding hydrogens is 277 g/mol. The van der Waals surface area contributed by atoms with Gasteiger partial charge in [0, 0.05) is 0 Å². The van der Waals surface area contributed by atoms with Crippen LogP contribution in [0.1, 0.15) is 47.1 Å². The molecular formula is C17H15F3O. The van der Waals surface area contributed by atoms with Gasteiger partial charge in [-0.2, -0.15) is 13.2 Å². The van der Waals surface area contributed by atoms with E-state index in [1.807, 2.05) is 18.2 Å². The Balaban J connectivity index is 1.84. The maximum absolute atomic E-state index is 12.5. The summed E-state index contributed by atoms with van der Waals surface area (Å²) in [6, 6.07) is 12.3. The number of aliphatic hydroxyl groups excluding tert-OH is 1. The van der Waals surface area contributed by atoms with Crippen molar-refractivity contribution < 1.29 is 18.3 Å². The number of hydrogen-bond acceptors (Lipinski definition) is 1. The molecule has 0 amide bonds. The summed E-state index contributed by atoms with van der Waals surface area (Å²) in [6.45, 7) is 0. The van der Waals surface area contributed by atoms with Crippen LogP contribution in [0, 0.1) is 0 Å². The molecule has 1 aliphatic rings. The molecule has 4 heteroatoms. The largest absolute Gasteiger partial charge is 0.416 e. The molecule has 1 N–H and O–H groups in total. The van der Waals surface area contributed by atoms with E-state index >= 15 is 0 Å². The zero-order valence-electron chi connectivity index (χ0n) is 11.3. The van der Waals surface area contributed by atoms with Gasteiger partial charge in [-0.05, 0) is 47.6 Å². The summed E-state index contributed by atoms with van der Waals surface area (Å²) >= 11 is 0. The lowest BCUT2D eigenvalue weighted by atomic mass is 9.97. The molecule has 1 aliphatic carbocycles. The first-order chi connectivity index (χ1) is 9.95. The highest BCUT2D eigenvalue weighted by molar-refractivity contribution is 5.36. The minimum atomic E-state index is -4.35. The third-order valence-electron chi connectivity index (χ3n) is 3.83. The Morgan fingerprint density at radius 3 is 2.19 bits per heavy atom. The summed E-state index contributed by atoms with van der Waals surface area (Å²) in [7, 11) is 0. The predicted octanol–water partition coefficient (Wildman–Crippen LogP) is 4.66. The SMILES string of the molecule is OC(c1ccc(C(F)(F)F)cc1)c1cccc(C2CC2)c1. The zero-order valence-corrected chi connectivity index (χ0v) is 11.3. The second-order valence-corrected chi connectivity index (χ2v) is 5.47. The molecule has 2 aromatic carbocycles. The standard InChI is InChI=1S/C17H15F3O/c18-17(19,20)15-8-6-12(7-9-15)16(21)14-3-1-2-13(10-14)11-4-5-11/h1-3,6-11,16,21H,4-5H2. The average molecular weight is 292 g/mol. The molecule has 1 saturated carbocycles. The highest BCUT2D eigenvalue weighted by Crippen LogP contribution is 2.41. The second-order valence-electron chi connectivity index (χ2n) is 5.47. The molecule has 110 valence electrons. The van der Waals surface area contributed by atoms with Crippen LogP contribution < -0.4 is 0 Å². The van der Waals surface area contributed by atoms with Crippen LogP contribution >= 0.6 is 0 Å². The summed E-state index contributed by atoms with van der Waals surface area (Å²) in [6.07, 6.45) is -2.92. The van der Waals surface area contributed by atoms with Crippen molar-refractivity contribution in [1.82, 2.24) is 0 Å². The van der Waals surface area contributed by atoms with Gasteiger partial charge in [-0.1, -0.05) is 36.4 Å².